The number of carbonyl (C=O) groups excluding carboxylic acids is 1. The normalized spacial score (nSPS) is 10.4. The highest BCUT2D eigenvalue weighted by Gasteiger charge is 2.21. The van der Waals surface area contributed by atoms with E-state index in [4.69, 9.17) is 19.9 Å². The van der Waals surface area contributed by atoms with Crippen molar-refractivity contribution >= 4 is 17.3 Å². The van der Waals surface area contributed by atoms with Crippen molar-refractivity contribution in [3.05, 3.63) is 33.4 Å². The average molecular weight is 298 g/mol. The van der Waals surface area contributed by atoms with E-state index in [-0.39, 0.29) is 30.2 Å². The number of nitrogens with zero attached hydrogens (tertiary/aromatic N) is 1. The summed E-state index contributed by atoms with van der Waals surface area (Å²) in [5, 5.41) is 10.9. The van der Waals surface area contributed by atoms with Gasteiger partial charge >= 0.3 is 5.97 Å². The molecule has 1 aromatic carbocycles. The number of methoxy groups -OCH3 is 1. The van der Waals surface area contributed by atoms with Crippen LogP contribution in [0.5, 0.6) is 0 Å². The zero-order valence-corrected chi connectivity index (χ0v) is 12.0. The highest BCUT2D eigenvalue weighted by molar-refractivity contribution is 5.97. The summed E-state index contributed by atoms with van der Waals surface area (Å²) in [7, 11) is 1.55. The molecule has 8 heteroatoms. The van der Waals surface area contributed by atoms with Crippen molar-refractivity contribution in [2.75, 3.05) is 39.3 Å². The van der Waals surface area contributed by atoms with E-state index in [1.165, 1.54) is 12.1 Å². The Morgan fingerprint density at radius 2 is 1.95 bits per heavy atom. The Labute approximate surface area is 121 Å². The van der Waals surface area contributed by atoms with Crippen molar-refractivity contribution in [3.63, 3.8) is 0 Å². The third-order valence-electron chi connectivity index (χ3n) is 2.61. The van der Waals surface area contributed by atoms with Crippen LogP contribution in [0.1, 0.15) is 15.9 Å². The fourth-order valence-electron chi connectivity index (χ4n) is 1.61. The van der Waals surface area contributed by atoms with Gasteiger partial charge in [0.15, 0.2) is 0 Å². The van der Waals surface area contributed by atoms with E-state index < -0.39 is 10.9 Å². The van der Waals surface area contributed by atoms with E-state index in [0.717, 1.165) is 0 Å². The maximum absolute atomic E-state index is 11.9. The maximum atomic E-state index is 11.9. The number of nitrogen functional groups attached to an aromatic ring is 1. The number of carbonyl (C=O) groups is 1. The van der Waals surface area contributed by atoms with Crippen LogP contribution in [-0.4, -0.2) is 44.4 Å². The van der Waals surface area contributed by atoms with Crippen molar-refractivity contribution in [1.29, 1.82) is 0 Å². The van der Waals surface area contributed by atoms with Gasteiger partial charge in [-0.15, -0.1) is 0 Å². The van der Waals surface area contributed by atoms with Crippen LogP contribution in [0.15, 0.2) is 12.1 Å². The van der Waals surface area contributed by atoms with Gasteiger partial charge in [0.2, 0.25) is 0 Å². The summed E-state index contributed by atoms with van der Waals surface area (Å²) in [6.45, 7) is 2.72. The lowest BCUT2D eigenvalue weighted by Crippen LogP contribution is -2.14. The molecular formula is C13H18N2O6. The van der Waals surface area contributed by atoms with Crippen molar-refractivity contribution in [2.24, 2.45) is 0 Å². The van der Waals surface area contributed by atoms with E-state index in [0.29, 0.717) is 18.8 Å². The van der Waals surface area contributed by atoms with Crippen LogP contribution in [0.4, 0.5) is 11.4 Å². The number of nitro groups is 1. The van der Waals surface area contributed by atoms with Crippen LogP contribution >= 0.6 is 0 Å². The van der Waals surface area contributed by atoms with Gasteiger partial charge in [-0.05, 0) is 18.6 Å². The molecule has 0 radical (unpaired) electrons. The van der Waals surface area contributed by atoms with Gasteiger partial charge < -0.3 is 19.9 Å². The summed E-state index contributed by atoms with van der Waals surface area (Å²) in [4.78, 5) is 22.1. The van der Waals surface area contributed by atoms with E-state index >= 15 is 0 Å². The van der Waals surface area contributed by atoms with Crippen LogP contribution in [0, 0.1) is 17.0 Å². The second-order valence-electron chi connectivity index (χ2n) is 4.24. The van der Waals surface area contributed by atoms with Crippen LogP contribution in [0.25, 0.3) is 0 Å². The highest BCUT2D eigenvalue weighted by Crippen LogP contribution is 2.27. The molecule has 0 saturated heterocycles. The summed E-state index contributed by atoms with van der Waals surface area (Å²) in [5.74, 6) is -0.713. The number of nitrogens with two attached hydrogens (primary N) is 1. The van der Waals surface area contributed by atoms with Crippen molar-refractivity contribution in [1.82, 2.24) is 0 Å². The molecule has 2 N–H and O–H groups in total. The first-order chi connectivity index (χ1) is 9.97. The van der Waals surface area contributed by atoms with Gasteiger partial charge in [-0.1, -0.05) is 0 Å². The maximum Gasteiger partial charge on any atom is 0.340 e. The molecule has 1 rings (SSSR count). The smallest absolute Gasteiger partial charge is 0.340 e. The summed E-state index contributed by atoms with van der Waals surface area (Å²) >= 11 is 0. The van der Waals surface area contributed by atoms with Gasteiger partial charge in [0, 0.05) is 13.2 Å². The second-order valence-corrected chi connectivity index (χ2v) is 4.24. The topological polar surface area (TPSA) is 114 Å². The number of anilines is 1. The van der Waals surface area contributed by atoms with Crippen LogP contribution in [0.2, 0.25) is 0 Å². The number of hydrogen-bond donors (Lipinski definition) is 1. The fourth-order valence-corrected chi connectivity index (χ4v) is 1.61. The molecule has 0 amide bonds. The Bertz CT molecular complexity index is 518. The van der Waals surface area contributed by atoms with E-state index in [1.54, 1.807) is 14.0 Å². The fraction of sp³-hybridized carbons (Fsp3) is 0.462. The quantitative estimate of drug-likeness (QED) is 0.253. The second kappa shape index (κ2) is 8.18. The number of nitro benzene ring substituents is 1. The monoisotopic (exact) mass is 298 g/mol. The van der Waals surface area contributed by atoms with Crippen LogP contribution in [0.3, 0.4) is 0 Å². The lowest BCUT2D eigenvalue weighted by molar-refractivity contribution is -0.384. The lowest BCUT2D eigenvalue weighted by Gasteiger charge is -2.09. The molecule has 8 nitrogen and oxygen atoms in total. The van der Waals surface area contributed by atoms with Gasteiger partial charge in [0.05, 0.1) is 30.3 Å². The lowest BCUT2D eigenvalue weighted by atomic mass is 10.1. The number of hydrogen-bond acceptors (Lipinski definition) is 7. The molecule has 0 spiro atoms. The van der Waals surface area contributed by atoms with Gasteiger partial charge in [-0.25, -0.2) is 4.79 Å². The summed E-state index contributed by atoms with van der Waals surface area (Å²) < 4.78 is 14.9. The zero-order chi connectivity index (χ0) is 15.8. The number of esters is 1. The Morgan fingerprint density at radius 1 is 1.29 bits per heavy atom. The average Bonchev–Trinajstić information content (AvgIpc) is 2.44. The van der Waals surface area contributed by atoms with Crippen LogP contribution < -0.4 is 5.73 Å². The Morgan fingerprint density at radius 3 is 2.57 bits per heavy atom. The molecule has 0 unspecified atom stereocenters. The minimum Gasteiger partial charge on any atom is -0.460 e. The largest absolute Gasteiger partial charge is 0.460 e. The molecule has 0 heterocycles. The first-order valence-corrected chi connectivity index (χ1v) is 6.25. The Balaban J connectivity index is 2.64. The molecule has 0 atom stereocenters. The molecule has 0 aliphatic carbocycles. The first kappa shape index (κ1) is 16.9. The number of aryl methyl sites for hydroxylation is 1. The summed E-state index contributed by atoms with van der Waals surface area (Å²) in [6.07, 6.45) is 0. The Hall–Kier alpha value is -2.19. The third-order valence-corrected chi connectivity index (χ3v) is 2.61. The number of ether oxygens (including phenoxy) is 3. The number of rotatable bonds is 8. The molecule has 0 aliphatic heterocycles. The van der Waals surface area contributed by atoms with Crippen molar-refractivity contribution in [2.45, 2.75) is 6.92 Å². The molecule has 0 fully saturated rings. The molecular weight excluding hydrogens is 280 g/mol. The number of benzene rings is 1. The molecule has 21 heavy (non-hydrogen) atoms. The van der Waals surface area contributed by atoms with E-state index in [1.807, 2.05) is 0 Å². The predicted octanol–water partition coefficient (Wildman–Crippen LogP) is 1.31. The molecule has 0 aromatic heterocycles. The summed E-state index contributed by atoms with van der Waals surface area (Å²) in [6, 6.07) is 2.76. The standard InChI is InChI=1S/C13H18N2O6/c1-9-7-10(12(14)11(8-9)15(17)18)13(16)21-6-5-20-4-3-19-2/h7-8H,3-6,14H2,1-2H3. The predicted molar refractivity (Wildman–Crippen MR) is 75.2 cm³/mol. The zero-order valence-electron chi connectivity index (χ0n) is 12.0. The van der Waals surface area contributed by atoms with Gasteiger partial charge in [0.1, 0.15) is 12.3 Å². The minimum atomic E-state index is -0.713. The van der Waals surface area contributed by atoms with Gasteiger partial charge in [-0.2, -0.15) is 0 Å². The van der Waals surface area contributed by atoms with Crippen molar-refractivity contribution in [3.8, 4) is 0 Å². The highest BCUT2D eigenvalue weighted by atomic mass is 16.6. The van der Waals surface area contributed by atoms with E-state index in [9.17, 15) is 14.9 Å². The SMILES string of the molecule is COCCOCCOC(=O)c1cc(C)cc([N+](=O)[O-])c1N. The summed E-state index contributed by atoms with van der Waals surface area (Å²) in [5.41, 5.74) is 5.67. The molecule has 0 saturated carbocycles. The first-order valence-electron chi connectivity index (χ1n) is 6.25. The van der Waals surface area contributed by atoms with Crippen molar-refractivity contribution < 1.29 is 23.9 Å². The third kappa shape index (κ3) is 5.01. The molecule has 0 bridgehead atoms. The minimum absolute atomic E-state index is 0.0152. The molecule has 1 aromatic rings. The van der Waals surface area contributed by atoms with E-state index in [2.05, 4.69) is 0 Å². The molecule has 116 valence electrons. The Kier molecular flexibility index (Phi) is 6.57. The van der Waals surface area contributed by atoms with Crippen LogP contribution in [-0.2, 0) is 14.2 Å². The molecule has 0 aliphatic rings. The van der Waals surface area contributed by atoms with Gasteiger partial charge in [-0.3, -0.25) is 10.1 Å². The van der Waals surface area contributed by atoms with Gasteiger partial charge in [0.25, 0.3) is 5.69 Å².